The van der Waals surface area contributed by atoms with Crippen molar-refractivity contribution in [3.05, 3.63) is 35.9 Å². The average molecular weight is 944 g/mol. The van der Waals surface area contributed by atoms with Gasteiger partial charge in [0.15, 0.2) is 0 Å². The van der Waals surface area contributed by atoms with E-state index in [4.69, 9.17) is 19.9 Å². The minimum Gasteiger partial charge on any atom is -0.461 e. The average Bonchev–Trinajstić information content (AvgIpc) is 3.24. The number of amides is 4. The molecule has 15 nitrogen and oxygen atoms in total. The van der Waals surface area contributed by atoms with Gasteiger partial charge in [-0.2, -0.15) is 0 Å². The van der Waals surface area contributed by atoms with Crippen LogP contribution in [0.5, 0.6) is 0 Å². The summed E-state index contributed by atoms with van der Waals surface area (Å²) in [5.74, 6) is -5.59. The summed E-state index contributed by atoms with van der Waals surface area (Å²) in [6, 6.07) is 3.48. The second kappa shape index (κ2) is 32.3. The van der Waals surface area contributed by atoms with Gasteiger partial charge in [-0.1, -0.05) is 150 Å². The van der Waals surface area contributed by atoms with E-state index >= 15 is 0 Å². The number of carbonyl (C=O) groups excluding carboxylic acids is 7. The highest BCUT2D eigenvalue weighted by Crippen LogP contribution is 2.19. The summed E-state index contributed by atoms with van der Waals surface area (Å²) in [6.45, 7) is 22.0. The first-order valence-electron chi connectivity index (χ1n) is 25.1. The van der Waals surface area contributed by atoms with Crippen LogP contribution in [0.25, 0.3) is 0 Å². The van der Waals surface area contributed by atoms with E-state index in [0.717, 1.165) is 31.2 Å². The smallest absolute Gasteiger partial charge is 0.329 e. The first-order valence-corrected chi connectivity index (χ1v) is 25.1. The van der Waals surface area contributed by atoms with Crippen molar-refractivity contribution in [1.82, 2.24) is 21.3 Å². The molecule has 1 aromatic rings. The molecular formula is C52H89N5O10. The number of esters is 3. The molecule has 0 heterocycles. The highest BCUT2D eigenvalue weighted by Gasteiger charge is 2.37. The summed E-state index contributed by atoms with van der Waals surface area (Å²) in [5.41, 5.74) is 6.03. The molecule has 0 fully saturated rings. The van der Waals surface area contributed by atoms with E-state index in [-0.39, 0.29) is 31.3 Å². The van der Waals surface area contributed by atoms with Gasteiger partial charge >= 0.3 is 17.9 Å². The SMILES string of the molecule is CCCCCCCCCCCC(CC(=O)OCc1ccccc1)OC(=O)[C@@H](NC(=O)[C@H](CC(C)C)NC(=O)[C@H](CC(=O)OC(C)(C)C)NC(=O)[C@@H](NC(=O)[C@@H](N)CC(C)C)C(C)C)[C@@H](C)CC. The van der Waals surface area contributed by atoms with Crippen LogP contribution in [-0.2, 0) is 54.4 Å². The number of unbranched alkanes of at least 4 members (excludes halogenated alkanes) is 8. The number of ether oxygens (including phenoxy) is 3. The molecule has 1 rings (SSSR count). The Hall–Kier alpha value is -4.53. The molecule has 382 valence electrons. The first-order chi connectivity index (χ1) is 31.5. The second-order valence-electron chi connectivity index (χ2n) is 20.4. The molecule has 0 aliphatic heterocycles. The van der Waals surface area contributed by atoms with E-state index in [2.05, 4.69) is 28.2 Å². The van der Waals surface area contributed by atoms with Crippen molar-refractivity contribution >= 4 is 41.5 Å². The van der Waals surface area contributed by atoms with Gasteiger partial charge in [0.2, 0.25) is 23.6 Å². The van der Waals surface area contributed by atoms with E-state index in [0.29, 0.717) is 19.3 Å². The summed E-state index contributed by atoms with van der Waals surface area (Å²) in [5, 5.41) is 10.9. The molecule has 6 N–H and O–H groups in total. The molecule has 0 spiro atoms. The Morgan fingerprint density at radius 2 is 1.15 bits per heavy atom. The lowest BCUT2D eigenvalue weighted by Crippen LogP contribution is -2.60. The fourth-order valence-electron chi connectivity index (χ4n) is 7.43. The number of rotatable bonds is 33. The standard InChI is InChI=1S/C52H89N5O10/c1-13-15-16-17-18-19-20-21-25-28-39(31-43(58)65-33-38-26-23-22-24-27-38)66-51(64)46(37(9)14-2)57-49(62)41(30-35(5)6)54-48(61)42(32-44(59)67-52(10,11)12)55-50(63)45(36(7)8)56-47(60)40(53)29-34(3)4/h22-24,26-27,34-37,39-42,45-46H,13-21,25,28-33,53H2,1-12H3,(H,54,61)(H,55,63)(H,56,60)(H,57,62)/t37-,39?,40-,41-,42-,45-,46-/m0/s1. The third kappa shape index (κ3) is 26.6. The zero-order valence-corrected chi connectivity index (χ0v) is 43.1. The molecule has 67 heavy (non-hydrogen) atoms. The zero-order chi connectivity index (χ0) is 50.7. The monoisotopic (exact) mass is 944 g/mol. The maximum atomic E-state index is 14.3. The Bertz CT molecular complexity index is 1650. The highest BCUT2D eigenvalue weighted by molar-refractivity contribution is 5.97. The molecule has 0 saturated heterocycles. The fraction of sp³-hybridized carbons (Fsp3) is 0.750. The lowest BCUT2D eigenvalue weighted by atomic mass is 9.97. The van der Waals surface area contributed by atoms with Crippen molar-refractivity contribution in [2.75, 3.05) is 0 Å². The van der Waals surface area contributed by atoms with Crippen LogP contribution in [0, 0.1) is 23.7 Å². The fourth-order valence-corrected chi connectivity index (χ4v) is 7.43. The molecule has 0 bridgehead atoms. The van der Waals surface area contributed by atoms with Crippen LogP contribution in [0.4, 0.5) is 0 Å². The first kappa shape index (κ1) is 60.5. The molecule has 0 aliphatic rings. The van der Waals surface area contributed by atoms with E-state index < -0.39 is 102 Å². The van der Waals surface area contributed by atoms with Crippen LogP contribution < -0.4 is 27.0 Å². The summed E-state index contributed by atoms with van der Waals surface area (Å²) >= 11 is 0. The van der Waals surface area contributed by atoms with Crippen LogP contribution in [0.15, 0.2) is 30.3 Å². The predicted molar refractivity (Wildman–Crippen MR) is 262 cm³/mol. The van der Waals surface area contributed by atoms with Crippen molar-refractivity contribution in [3.8, 4) is 0 Å². The summed E-state index contributed by atoms with van der Waals surface area (Å²) in [4.78, 5) is 95.7. The van der Waals surface area contributed by atoms with Crippen molar-refractivity contribution in [1.29, 1.82) is 0 Å². The molecule has 1 aromatic carbocycles. The minimum atomic E-state index is -1.51. The van der Waals surface area contributed by atoms with Gasteiger partial charge in [0.05, 0.1) is 18.9 Å². The summed E-state index contributed by atoms with van der Waals surface area (Å²) < 4.78 is 17.1. The lowest BCUT2D eigenvalue weighted by molar-refractivity contribution is -0.160. The van der Waals surface area contributed by atoms with Gasteiger partial charge < -0.3 is 41.2 Å². The van der Waals surface area contributed by atoms with Crippen LogP contribution >= 0.6 is 0 Å². The van der Waals surface area contributed by atoms with Crippen LogP contribution in [0.3, 0.4) is 0 Å². The molecule has 0 aromatic heterocycles. The Morgan fingerprint density at radius 3 is 1.69 bits per heavy atom. The van der Waals surface area contributed by atoms with Gasteiger partial charge in [-0.15, -0.1) is 0 Å². The second-order valence-corrected chi connectivity index (χ2v) is 20.4. The largest absolute Gasteiger partial charge is 0.461 e. The molecule has 0 aliphatic carbocycles. The Kier molecular flexibility index (Phi) is 29.1. The van der Waals surface area contributed by atoms with Gasteiger partial charge in [-0.05, 0) is 75.7 Å². The Labute approximate surface area is 402 Å². The minimum absolute atomic E-state index is 0.0806. The van der Waals surface area contributed by atoms with Crippen LogP contribution in [0.1, 0.15) is 185 Å². The van der Waals surface area contributed by atoms with E-state index in [1.165, 1.54) is 32.1 Å². The van der Waals surface area contributed by atoms with E-state index in [1.54, 1.807) is 41.5 Å². The lowest BCUT2D eigenvalue weighted by Gasteiger charge is -2.30. The number of nitrogens with two attached hydrogens (primary N) is 1. The maximum absolute atomic E-state index is 14.3. The molecule has 1 unspecified atom stereocenters. The highest BCUT2D eigenvalue weighted by atomic mass is 16.6. The van der Waals surface area contributed by atoms with Gasteiger partial charge in [0, 0.05) is 0 Å². The third-order valence-corrected chi connectivity index (χ3v) is 11.4. The van der Waals surface area contributed by atoms with Crippen LogP contribution in [0.2, 0.25) is 0 Å². The number of carbonyl (C=O) groups is 7. The van der Waals surface area contributed by atoms with Crippen molar-refractivity contribution in [2.45, 2.75) is 228 Å². The summed E-state index contributed by atoms with van der Waals surface area (Å²) in [7, 11) is 0. The van der Waals surface area contributed by atoms with Crippen molar-refractivity contribution < 1.29 is 47.8 Å². The van der Waals surface area contributed by atoms with Crippen molar-refractivity contribution in [3.63, 3.8) is 0 Å². The number of hydrogen-bond acceptors (Lipinski definition) is 11. The maximum Gasteiger partial charge on any atom is 0.329 e. The zero-order valence-electron chi connectivity index (χ0n) is 43.1. The van der Waals surface area contributed by atoms with E-state index in [9.17, 15) is 33.6 Å². The number of hydrogen-bond donors (Lipinski definition) is 5. The van der Waals surface area contributed by atoms with Gasteiger partial charge in [0.25, 0.3) is 0 Å². The molecule has 7 atom stereocenters. The van der Waals surface area contributed by atoms with Gasteiger partial charge in [0.1, 0.15) is 42.5 Å². The third-order valence-electron chi connectivity index (χ3n) is 11.4. The molecule has 0 saturated carbocycles. The predicted octanol–water partition coefficient (Wildman–Crippen LogP) is 7.75. The molecular weight excluding hydrogens is 855 g/mol. The molecule has 0 radical (unpaired) electrons. The normalized spacial score (nSPS) is 14.8. The summed E-state index contributed by atoms with van der Waals surface area (Å²) in [6.07, 6.45) is 9.78. The van der Waals surface area contributed by atoms with Crippen molar-refractivity contribution in [2.24, 2.45) is 29.4 Å². The van der Waals surface area contributed by atoms with Crippen LogP contribution in [-0.4, -0.2) is 83.5 Å². The number of benzene rings is 1. The molecule has 4 amide bonds. The van der Waals surface area contributed by atoms with Gasteiger partial charge in [-0.25, -0.2) is 4.79 Å². The number of nitrogens with one attached hydrogen (secondary N) is 4. The Morgan fingerprint density at radius 1 is 0.612 bits per heavy atom. The quantitative estimate of drug-likeness (QED) is 0.0261. The Balaban J connectivity index is 3.36. The van der Waals surface area contributed by atoms with E-state index in [1.807, 2.05) is 65.0 Å². The molecule has 15 heteroatoms. The van der Waals surface area contributed by atoms with Gasteiger partial charge in [-0.3, -0.25) is 28.8 Å². The topological polar surface area (TPSA) is 221 Å².